The maximum absolute atomic E-state index is 13.5. The van der Waals surface area contributed by atoms with E-state index in [9.17, 15) is 9.59 Å². The summed E-state index contributed by atoms with van der Waals surface area (Å²) >= 11 is 1.70. The first-order chi connectivity index (χ1) is 14.7. The quantitative estimate of drug-likeness (QED) is 0.233. The fourth-order valence-electron chi connectivity index (χ4n) is 4.83. The van der Waals surface area contributed by atoms with Gasteiger partial charge in [0, 0.05) is 37.0 Å². The molecule has 0 aliphatic carbocycles. The summed E-state index contributed by atoms with van der Waals surface area (Å²) < 4.78 is 4.40. The first-order valence-electron chi connectivity index (χ1n) is 9.80. The minimum Gasteiger partial charge on any atom is -0.306 e. The molecule has 0 fully saturated rings. The number of nitrogens with zero attached hydrogens (tertiary/aromatic N) is 1. The van der Waals surface area contributed by atoms with Crippen LogP contribution >= 0.6 is 11.3 Å². The van der Waals surface area contributed by atoms with Gasteiger partial charge in [0.1, 0.15) is 0 Å². The zero-order valence-corrected chi connectivity index (χ0v) is 16.5. The molecule has 3 aromatic heterocycles. The van der Waals surface area contributed by atoms with Crippen LogP contribution in [0.15, 0.2) is 88.5 Å². The largest absolute Gasteiger partial charge is 0.306 e. The molecule has 0 atom stereocenters. The van der Waals surface area contributed by atoms with Crippen LogP contribution in [0.5, 0.6) is 0 Å². The standard InChI is InChI=1S/C26H13NO2S/c28-24-16-7-1-3-10-20(16)27-22-17(24)8-5-9-18(22)25(29)19-13-12-15-14-6-2-4-11-21(14)30-26(15)23(19)27/h1-13H. The Hall–Kier alpha value is -3.76. The van der Waals surface area contributed by atoms with Gasteiger partial charge in [-0.15, -0.1) is 11.3 Å². The van der Waals surface area contributed by atoms with Gasteiger partial charge in [0.2, 0.25) is 0 Å². The molecule has 7 rings (SSSR count). The molecule has 4 aromatic carbocycles. The minimum absolute atomic E-state index is 0.0235. The topological polar surface area (TPSA) is 38.5 Å². The van der Waals surface area contributed by atoms with Crippen LogP contribution in [0.3, 0.4) is 0 Å². The van der Waals surface area contributed by atoms with Gasteiger partial charge in [-0.3, -0.25) is 9.59 Å². The third-order valence-electron chi connectivity index (χ3n) is 6.13. The highest BCUT2D eigenvalue weighted by atomic mass is 32.1. The summed E-state index contributed by atoms with van der Waals surface area (Å²) in [7, 11) is 0. The van der Waals surface area contributed by atoms with Crippen LogP contribution in [0, 0.1) is 0 Å². The van der Waals surface area contributed by atoms with Gasteiger partial charge in [-0.25, -0.2) is 0 Å². The number of hydrogen-bond acceptors (Lipinski definition) is 3. The van der Waals surface area contributed by atoms with Crippen LogP contribution in [0.25, 0.3) is 58.3 Å². The molecule has 3 heterocycles. The van der Waals surface area contributed by atoms with Crippen molar-refractivity contribution in [2.24, 2.45) is 0 Å². The molecular weight excluding hydrogens is 390 g/mol. The van der Waals surface area contributed by atoms with Gasteiger partial charge in [0.15, 0.2) is 10.9 Å². The average Bonchev–Trinajstić information content (AvgIpc) is 3.17. The number of hydrogen-bond donors (Lipinski definition) is 0. The van der Waals surface area contributed by atoms with Crippen molar-refractivity contribution in [2.75, 3.05) is 0 Å². The number of rotatable bonds is 0. The Morgan fingerprint density at radius 1 is 0.533 bits per heavy atom. The van der Waals surface area contributed by atoms with E-state index in [1.165, 1.54) is 10.1 Å². The lowest BCUT2D eigenvalue weighted by Gasteiger charge is -2.14. The summed E-state index contributed by atoms with van der Waals surface area (Å²) in [5.41, 5.74) is 2.38. The number of pyridine rings is 2. The van der Waals surface area contributed by atoms with Crippen LogP contribution < -0.4 is 10.9 Å². The second-order valence-corrected chi connectivity index (χ2v) is 8.70. The lowest BCUT2D eigenvalue weighted by molar-refractivity contribution is 1.32. The normalized spacial score (nSPS) is 12.3. The van der Waals surface area contributed by atoms with Gasteiger partial charge in [-0.05, 0) is 36.4 Å². The van der Waals surface area contributed by atoms with Crippen molar-refractivity contribution in [3.8, 4) is 0 Å². The fraction of sp³-hybridized carbons (Fsp3) is 0. The number of aromatic nitrogens is 1. The first-order valence-corrected chi connectivity index (χ1v) is 10.6. The van der Waals surface area contributed by atoms with Crippen LogP contribution in [0.2, 0.25) is 0 Å². The molecule has 7 aromatic rings. The van der Waals surface area contributed by atoms with Crippen LogP contribution in [0.1, 0.15) is 0 Å². The van der Waals surface area contributed by atoms with E-state index in [4.69, 9.17) is 0 Å². The van der Waals surface area contributed by atoms with Crippen LogP contribution in [-0.2, 0) is 0 Å². The Kier molecular flexibility index (Phi) is 2.91. The molecule has 0 radical (unpaired) electrons. The third-order valence-corrected chi connectivity index (χ3v) is 7.32. The second kappa shape index (κ2) is 5.43. The van der Waals surface area contributed by atoms with E-state index in [0.717, 1.165) is 21.1 Å². The third kappa shape index (κ3) is 1.80. The Morgan fingerprint density at radius 3 is 1.97 bits per heavy atom. The summed E-state index contributed by atoms with van der Waals surface area (Å²) in [6, 6.07) is 25.4. The van der Waals surface area contributed by atoms with E-state index in [-0.39, 0.29) is 10.9 Å². The number of thiophene rings is 1. The van der Waals surface area contributed by atoms with E-state index < -0.39 is 0 Å². The van der Waals surface area contributed by atoms with Crippen molar-refractivity contribution in [3.05, 3.63) is 99.3 Å². The fourth-order valence-corrected chi connectivity index (χ4v) is 6.07. The second-order valence-electron chi connectivity index (χ2n) is 7.65. The van der Waals surface area contributed by atoms with Crippen molar-refractivity contribution < 1.29 is 0 Å². The molecule has 0 bridgehead atoms. The smallest absolute Gasteiger partial charge is 0.197 e. The molecule has 0 saturated heterocycles. The summed E-state index contributed by atoms with van der Waals surface area (Å²) in [6.07, 6.45) is 0. The molecule has 0 unspecified atom stereocenters. The highest BCUT2D eigenvalue weighted by Crippen LogP contribution is 2.39. The Morgan fingerprint density at radius 2 is 1.13 bits per heavy atom. The SMILES string of the molecule is O=c1c2ccccc2n2c3c1cccc3c(=O)c1ccc3c4ccccc4sc3c12. The van der Waals surface area contributed by atoms with Gasteiger partial charge in [-0.1, -0.05) is 42.5 Å². The molecule has 0 aliphatic rings. The molecule has 3 nitrogen and oxygen atoms in total. The Balaban J connectivity index is 1.97. The predicted octanol–water partition coefficient (Wildman–Crippen LogP) is 5.93. The minimum atomic E-state index is -0.0292. The summed E-state index contributed by atoms with van der Waals surface area (Å²) in [5, 5.41) is 4.85. The first kappa shape index (κ1) is 16.1. The van der Waals surface area contributed by atoms with Crippen molar-refractivity contribution in [2.45, 2.75) is 0 Å². The van der Waals surface area contributed by atoms with Gasteiger partial charge >= 0.3 is 0 Å². The van der Waals surface area contributed by atoms with Crippen molar-refractivity contribution in [1.29, 1.82) is 0 Å². The molecule has 0 N–H and O–H groups in total. The zero-order chi connectivity index (χ0) is 20.0. The van der Waals surface area contributed by atoms with Gasteiger partial charge in [0.05, 0.1) is 21.3 Å². The summed E-state index contributed by atoms with van der Waals surface area (Å²) in [4.78, 5) is 26.7. The maximum Gasteiger partial charge on any atom is 0.197 e. The van der Waals surface area contributed by atoms with E-state index >= 15 is 0 Å². The van der Waals surface area contributed by atoms with E-state index in [2.05, 4.69) is 22.6 Å². The Bertz CT molecular complexity index is 1930. The lowest BCUT2D eigenvalue weighted by Crippen LogP contribution is -2.13. The van der Waals surface area contributed by atoms with Crippen LogP contribution in [-0.4, -0.2) is 4.40 Å². The van der Waals surface area contributed by atoms with Gasteiger partial charge in [0.25, 0.3) is 0 Å². The highest BCUT2D eigenvalue weighted by Gasteiger charge is 2.19. The monoisotopic (exact) mass is 403 g/mol. The summed E-state index contributed by atoms with van der Waals surface area (Å²) in [5.74, 6) is 0. The maximum atomic E-state index is 13.5. The predicted molar refractivity (Wildman–Crippen MR) is 127 cm³/mol. The van der Waals surface area contributed by atoms with Crippen molar-refractivity contribution in [3.63, 3.8) is 0 Å². The summed E-state index contributed by atoms with van der Waals surface area (Å²) in [6.45, 7) is 0. The van der Waals surface area contributed by atoms with Gasteiger partial charge < -0.3 is 4.40 Å². The zero-order valence-electron chi connectivity index (χ0n) is 15.7. The lowest BCUT2D eigenvalue weighted by atomic mass is 10.0. The van der Waals surface area contributed by atoms with E-state index in [1.54, 1.807) is 17.4 Å². The molecule has 0 spiro atoms. The molecule has 140 valence electrons. The number of fused-ring (bicyclic) bond motifs is 8. The van der Waals surface area contributed by atoms with E-state index in [0.29, 0.717) is 27.1 Å². The number of benzene rings is 4. The molecule has 4 heteroatoms. The van der Waals surface area contributed by atoms with Crippen molar-refractivity contribution in [1.82, 2.24) is 4.40 Å². The van der Waals surface area contributed by atoms with Gasteiger partial charge in [-0.2, -0.15) is 0 Å². The molecule has 0 aliphatic heterocycles. The molecule has 30 heavy (non-hydrogen) atoms. The average molecular weight is 403 g/mol. The van der Waals surface area contributed by atoms with Crippen molar-refractivity contribution >= 4 is 69.6 Å². The molecule has 0 amide bonds. The molecular formula is C26H13NO2S. The molecule has 0 saturated carbocycles. The number of para-hydroxylation sites is 2. The highest BCUT2D eigenvalue weighted by molar-refractivity contribution is 7.26. The van der Waals surface area contributed by atoms with Crippen LogP contribution in [0.4, 0.5) is 0 Å². The van der Waals surface area contributed by atoms with E-state index in [1.807, 2.05) is 54.6 Å². The Labute approximate surface area is 173 Å².